The van der Waals surface area contributed by atoms with Gasteiger partial charge in [-0.15, -0.1) is 0 Å². The highest BCUT2D eigenvalue weighted by atomic mass is 35.5. The van der Waals surface area contributed by atoms with Crippen LogP contribution < -0.4 is 20.7 Å². The highest BCUT2D eigenvalue weighted by molar-refractivity contribution is 6.30. The predicted molar refractivity (Wildman–Crippen MR) is 108 cm³/mol. The van der Waals surface area contributed by atoms with Gasteiger partial charge in [-0.3, -0.25) is 30.6 Å². The first-order valence-corrected chi connectivity index (χ1v) is 9.48. The molecule has 10 heteroatoms. The number of nitro benzene ring substituents is 1. The molecule has 1 saturated heterocycles. The van der Waals surface area contributed by atoms with Gasteiger partial charge in [0.1, 0.15) is 0 Å². The number of nitrogens with zero attached hydrogens (tertiary/aromatic N) is 2. The van der Waals surface area contributed by atoms with Gasteiger partial charge in [0.2, 0.25) is 0 Å². The van der Waals surface area contributed by atoms with Crippen LogP contribution >= 0.6 is 11.6 Å². The SMILES string of the molecule is O=C(C[NH+]1CCN(c2ccc([N+](=O)[O-])cc2)CC1)NNC(=O)c1ccc(Cl)cc1. The molecule has 9 nitrogen and oxygen atoms in total. The van der Waals surface area contributed by atoms with E-state index in [1.54, 1.807) is 36.4 Å². The Kier molecular flexibility index (Phi) is 6.63. The summed E-state index contributed by atoms with van der Waals surface area (Å²) in [6, 6.07) is 12.8. The van der Waals surface area contributed by atoms with Crippen molar-refractivity contribution in [2.75, 3.05) is 37.6 Å². The summed E-state index contributed by atoms with van der Waals surface area (Å²) in [6.07, 6.45) is 0. The minimum Gasteiger partial charge on any atom is -0.360 e. The van der Waals surface area contributed by atoms with E-state index in [4.69, 9.17) is 11.6 Å². The van der Waals surface area contributed by atoms with E-state index in [2.05, 4.69) is 15.8 Å². The van der Waals surface area contributed by atoms with Crippen LogP contribution in [-0.4, -0.2) is 49.5 Å². The second kappa shape index (κ2) is 9.35. The maximum absolute atomic E-state index is 12.1. The van der Waals surface area contributed by atoms with Gasteiger partial charge in [-0.2, -0.15) is 0 Å². The third kappa shape index (κ3) is 5.66. The van der Waals surface area contributed by atoms with Crippen molar-refractivity contribution in [3.05, 3.63) is 69.2 Å². The number of amides is 2. The molecule has 1 aliphatic rings. The normalized spacial score (nSPS) is 14.3. The minimum atomic E-state index is -0.420. The molecule has 0 radical (unpaired) electrons. The van der Waals surface area contributed by atoms with Crippen LogP contribution in [-0.2, 0) is 4.79 Å². The molecule has 0 atom stereocenters. The summed E-state index contributed by atoms with van der Waals surface area (Å²) in [5.41, 5.74) is 6.22. The zero-order chi connectivity index (χ0) is 20.8. The lowest BCUT2D eigenvalue weighted by Gasteiger charge is -2.33. The van der Waals surface area contributed by atoms with Crippen molar-refractivity contribution in [1.82, 2.24) is 10.9 Å². The molecular weight excluding hydrogens is 398 g/mol. The van der Waals surface area contributed by atoms with Crippen LogP contribution in [0.5, 0.6) is 0 Å². The van der Waals surface area contributed by atoms with Crippen LogP contribution in [0.15, 0.2) is 48.5 Å². The van der Waals surface area contributed by atoms with Gasteiger partial charge in [-0.25, -0.2) is 0 Å². The number of halogens is 1. The molecule has 152 valence electrons. The van der Waals surface area contributed by atoms with E-state index in [-0.39, 0.29) is 18.1 Å². The van der Waals surface area contributed by atoms with E-state index in [0.29, 0.717) is 10.6 Å². The highest BCUT2D eigenvalue weighted by Crippen LogP contribution is 2.19. The molecule has 0 aromatic heterocycles. The Hall–Kier alpha value is -3.17. The van der Waals surface area contributed by atoms with Gasteiger partial charge in [0, 0.05) is 28.4 Å². The van der Waals surface area contributed by atoms with Crippen molar-refractivity contribution in [2.24, 2.45) is 0 Å². The van der Waals surface area contributed by atoms with E-state index in [9.17, 15) is 19.7 Å². The number of rotatable bonds is 5. The van der Waals surface area contributed by atoms with Gasteiger partial charge >= 0.3 is 0 Å². The van der Waals surface area contributed by atoms with E-state index >= 15 is 0 Å². The predicted octanol–water partition coefficient (Wildman–Crippen LogP) is 0.414. The van der Waals surface area contributed by atoms with Crippen LogP contribution in [0.25, 0.3) is 0 Å². The summed E-state index contributed by atoms with van der Waals surface area (Å²) in [4.78, 5) is 37.7. The molecule has 0 bridgehead atoms. The number of quaternary nitrogens is 1. The lowest BCUT2D eigenvalue weighted by atomic mass is 10.2. The molecule has 3 rings (SSSR count). The molecule has 1 fully saturated rings. The molecule has 1 aliphatic heterocycles. The smallest absolute Gasteiger partial charge is 0.293 e. The number of carbonyl (C=O) groups excluding carboxylic acids is 2. The maximum Gasteiger partial charge on any atom is 0.293 e. The van der Waals surface area contributed by atoms with Crippen molar-refractivity contribution >= 4 is 34.8 Å². The number of hydrogen-bond acceptors (Lipinski definition) is 5. The van der Waals surface area contributed by atoms with E-state index in [1.807, 2.05) is 0 Å². The maximum atomic E-state index is 12.1. The average molecular weight is 419 g/mol. The van der Waals surface area contributed by atoms with Gasteiger partial charge in [0.15, 0.2) is 6.54 Å². The Labute approximate surface area is 172 Å². The first kappa shape index (κ1) is 20.6. The van der Waals surface area contributed by atoms with Gasteiger partial charge in [0.05, 0.1) is 31.1 Å². The molecule has 0 aliphatic carbocycles. The Balaban J connectivity index is 1.41. The van der Waals surface area contributed by atoms with Crippen LogP contribution in [0.2, 0.25) is 5.02 Å². The summed E-state index contributed by atoms with van der Waals surface area (Å²) in [7, 11) is 0. The second-order valence-corrected chi connectivity index (χ2v) is 7.13. The Morgan fingerprint density at radius 1 is 1.03 bits per heavy atom. The van der Waals surface area contributed by atoms with Gasteiger partial charge in [-0.05, 0) is 36.4 Å². The van der Waals surface area contributed by atoms with Crippen molar-refractivity contribution < 1.29 is 19.4 Å². The third-order valence-electron chi connectivity index (χ3n) is 4.73. The molecular formula is C19H21ClN5O4+. The highest BCUT2D eigenvalue weighted by Gasteiger charge is 2.23. The average Bonchev–Trinajstić information content (AvgIpc) is 2.73. The zero-order valence-corrected chi connectivity index (χ0v) is 16.3. The zero-order valence-electron chi connectivity index (χ0n) is 15.6. The van der Waals surface area contributed by atoms with Crippen LogP contribution in [0.4, 0.5) is 11.4 Å². The minimum absolute atomic E-state index is 0.0651. The van der Waals surface area contributed by atoms with Crippen molar-refractivity contribution in [1.29, 1.82) is 0 Å². The van der Waals surface area contributed by atoms with E-state index in [1.165, 1.54) is 12.1 Å². The second-order valence-electron chi connectivity index (χ2n) is 6.70. The van der Waals surface area contributed by atoms with Crippen molar-refractivity contribution in [3.8, 4) is 0 Å². The summed E-state index contributed by atoms with van der Waals surface area (Å²) in [6.45, 7) is 3.20. The number of anilines is 1. The van der Waals surface area contributed by atoms with Crippen LogP contribution in [0.3, 0.4) is 0 Å². The fraction of sp³-hybridized carbons (Fsp3) is 0.263. The monoisotopic (exact) mass is 418 g/mol. The number of benzene rings is 2. The van der Waals surface area contributed by atoms with Gasteiger partial charge in [0.25, 0.3) is 17.5 Å². The standard InChI is InChI=1S/C19H20ClN5O4/c20-15-3-1-14(2-4-15)19(27)22-21-18(26)13-23-9-11-24(12-10-23)16-5-7-17(8-6-16)25(28)29/h1-8H,9-13H2,(H,21,26)(H,22,27)/p+1. The Morgan fingerprint density at radius 2 is 1.66 bits per heavy atom. The van der Waals surface area contributed by atoms with Gasteiger partial charge in [-0.1, -0.05) is 11.6 Å². The molecule has 0 spiro atoms. The molecule has 1 heterocycles. The summed E-state index contributed by atoms with van der Waals surface area (Å²) >= 11 is 5.79. The number of nitrogens with one attached hydrogen (secondary N) is 3. The molecule has 3 N–H and O–H groups in total. The lowest BCUT2D eigenvalue weighted by Crippen LogP contribution is -3.16. The van der Waals surface area contributed by atoms with Gasteiger partial charge < -0.3 is 9.80 Å². The lowest BCUT2D eigenvalue weighted by molar-refractivity contribution is -0.892. The first-order chi connectivity index (χ1) is 13.9. The molecule has 2 amide bonds. The molecule has 0 saturated carbocycles. The summed E-state index contributed by atoms with van der Waals surface area (Å²) in [5.74, 6) is -0.681. The molecule has 2 aromatic carbocycles. The molecule has 2 aromatic rings. The summed E-state index contributed by atoms with van der Waals surface area (Å²) in [5, 5.41) is 11.3. The topological polar surface area (TPSA) is 109 Å². The van der Waals surface area contributed by atoms with E-state index in [0.717, 1.165) is 36.8 Å². The Bertz CT molecular complexity index is 880. The summed E-state index contributed by atoms with van der Waals surface area (Å²) < 4.78 is 0. The number of hydrogen-bond donors (Lipinski definition) is 3. The quantitative estimate of drug-likeness (QED) is 0.481. The molecule has 0 unspecified atom stereocenters. The number of nitro groups is 1. The Morgan fingerprint density at radius 3 is 2.24 bits per heavy atom. The number of non-ortho nitro benzene ring substituents is 1. The van der Waals surface area contributed by atoms with Crippen LogP contribution in [0, 0.1) is 10.1 Å². The molecule has 29 heavy (non-hydrogen) atoms. The van der Waals surface area contributed by atoms with Crippen LogP contribution in [0.1, 0.15) is 10.4 Å². The number of carbonyl (C=O) groups is 2. The third-order valence-corrected chi connectivity index (χ3v) is 4.98. The van der Waals surface area contributed by atoms with Crippen molar-refractivity contribution in [3.63, 3.8) is 0 Å². The fourth-order valence-electron chi connectivity index (χ4n) is 3.11. The first-order valence-electron chi connectivity index (χ1n) is 9.10. The fourth-order valence-corrected chi connectivity index (χ4v) is 3.24. The largest absolute Gasteiger partial charge is 0.360 e. The number of piperazine rings is 1. The number of hydrazine groups is 1. The van der Waals surface area contributed by atoms with E-state index < -0.39 is 10.8 Å². The van der Waals surface area contributed by atoms with Crippen molar-refractivity contribution in [2.45, 2.75) is 0 Å².